The highest BCUT2D eigenvalue weighted by molar-refractivity contribution is 8.10. The van der Waals surface area contributed by atoms with E-state index in [1.54, 1.807) is 14.2 Å². The Labute approximate surface area is 117 Å². The first kappa shape index (κ1) is 11.6. The van der Waals surface area contributed by atoms with Gasteiger partial charge in [-0.3, -0.25) is 0 Å². The zero-order chi connectivity index (χ0) is 12.3. The Morgan fingerprint density at radius 2 is 1.67 bits per heavy atom. The summed E-state index contributed by atoms with van der Waals surface area (Å²) in [5, 5.41) is 3.47. The second-order valence-electron chi connectivity index (χ2n) is 5.62. The van der Waals surface area contributed by atoms with E-state index in [2.05, 4.69) is 12.2 Å². The summed E-state index contributed by atoms with van der Waals surface area (Å²) in [6.45, 7) is 0. The molecule has 98 valence electrons. The Hall–Kier alpha value is -0.220. The van der Waals surface area contributed by atoms with Gasteiger partial charge >= 0.3 is 0 Å². The zero-order valence-corrected chi connectivity index (χ0v) is 12.3. The summed E-state index contributed by atoms with van der Waals surface area (Å²) < 4.78 is 11.0. The highest BCUT2D eigenvalue weighted by Crippen LogP contribution is 2.65. The fourth-order valence-electron chi connectivity index (χ4n) is 4.39. The van der Waals surface area contributed by atoms with Gasteiger partial charge in [-0.05, 0) is 36.5 Å². The van der Waals surface area contributed by atoms with Gasteiger partial charge in [0, 0.05) is 10.5 Å². The van der Waals surface area contributed by atoms with Crippen LogP contribution in [-0.4, -0.2) is 24.7 Å². The molecule has 2 fully saturated rings. The number of methoxy groups -OCH3 is 2. The number of hydrogen-bond donors (Lipinski definition) is 0. The van der Waals surface area contributed by atoms with E-state index in [1.807, 2.05) is 23.5 Å². The molecule has 1 heterocycles. The van der Waals surface area contributed by atoms with Crippen molar-refractivity contribution in [2.45, 2.75) is 23.3 Å². The Bertz CT molecular complexity index is 432. The van der Waals surface area contributed by atoms with Crippen LogP contribution in [0.5, 0.6) is 0 Å². The van der Waals surface area contributed by atoms with Crippen LogP contribution in [0.1, 0.15) is 12.8 Å². The van der Waals surface area contributed by atoms with Crippen molar-refractivity contribution in [1.29, 1.82) is 0 Å². The molecule has 0 aromatic carbocycles. The van der Waals surface area contributed by atoms with Crippen LogP contribution >= 0.6 is 23.5 Å². The third-order valence-electron chi connectivity index (χ3n) is 5.04. The van der Waals surface area contributed by atoms with Gasteiger partial charge in [-0.15, -0.1) is 0 Å². The molecule has 4 heteroatoms. The molecule has 0 amide bonds. The molecule has 6 atom stereocenters. The Balaban J connectivity index is 1.65. The molecule has 4 rings (SSSR count). The van der Waals surface area contributed by atoms with E-state index in [-0.39, 0.29) is 0 Å². The number of hydrogen-bond acceptors (Lipinski definition) is 4. The minimum atomic E-state index is 0.734. The molecular weight excluding hydrogens is 264 g/mol. The van der Waals surface area contributed by atoms with Crippen molar-refractivity contribution >= 4 is 23.5 Å². The van der Waals surface area contributed by atoms with Crippen LogP contribution in [0, 0.1) is 23.7 Å². The summed E-state index contributed by atoms with van der Waals surface area (Å²) in [4.78, 5) is 0. The first-order valence-electron chi connectivity index (χ1n) is 6.65. The molecule has 2 nitrogen and oxygen atoms in total. The molecule has 0 aromatic heterocycles. The van der Waals surface area contributed by atoms with Gasteiger partial charge in [0.2, 0.25) is 10.2 Å². The average molecular weight is 282 g/mol. The van der Waals surface area contributed by atoms with E-state index in [0.29, 0.717) is 0 Å². The molecular formula is C14H18O2S2. The van der Waals surface area contributed by atoms with Crippen LogP contribution in [0.25, 0.3) is 0 Å². The summed E-state index contributed by atoms with van der Waals surface area (Å²) in [5.41, 5.74) is 0. The predicted octanol–water partition coefficient (Wildman–Crippen LogP) is 3.47. The van der Waals surface area contributed by atoms with Crippen molar-refractivity contribution in [3.8, 4) is 0 Å². The molecule has 2 bridgehead atoms. The fourth-order valence-corrected chi connectivity index (χ4v) is 7.69. The van der Waals surface area contributed by atoms with Gasteiger partial charge in [0.1, 0.15) is 0 Å². The van der Waals surface area contributed by atoms with Gasteiger partial charge in [0.05, 0.1) is 14.2 Å². The van der Waals surface area contributed by atoms with Crippen molar-refractivity contribution in [2.24, 2.45) is 23.7 Å². The maximum Gasteiger partial charge on any atom is 0.202 e. The molecule has 0 radical (unpaired) electrons. The summed E-state index contributed by atoms with van der Waals surface area (Å²) in [5.74, 6) is 3.53. The predicted molar refractivity (Wildman–Crippen MR) is 76.1 cm³/mol. The number of allylic oxidation sites excluding steroid dienone is 2. The minimum absolute atomic E-state index is 0.734. The van der Waals surface area contributed by atoms with Gasteiger partial charge in [0.25, 0.3) is 0 Å². The van der Waals surface area contributed by atoms with Crippen LogP contribution in [0.4, 0.5) is 0 Å². The van der Waals surface area contributed by atoms with Gasteiger partial charge < -0.3 is 9.47 Å². The molecule has 4 aliphatic rings. The Kier molecular flexibility index (Phi) is 2.66. The number of fused-ring (bicyclic) bond motifs is 8. The lowest BCUT2D eigenvalue weighted by Gasteiger charge is -2.40. The largest absolute Gasteiger partial charge is 0.487 e. The standard InChI is InChI=1S/C14H18O2S2/c1-15-13-14(16-2)18-12-10-6-9(11(12)17-13)7-4-3-5-8(7)10/h3-4,7-12H,5-6H2,1-2H3/t7-,8+,9+,10-,11+,12-/m0/s1. The number of ether oxygens (including phenoxy) is 2. The summed E-state index contributed by atoms with van der Waals surface area (Å²) in [7, 11) is 3.52. The smallest absolute Gasteiger partial charge is 0.202 e. The monoisotopic (exact) mass is 282 g/mol. The van der Waals surface area contributed by atoms with E-state index in [4.69, 9.17) is 9.47 Å². The van der Waals surface area contributed by atoms with Crippen molar-refractivity contribution in [1.82, 2.24) is 0 Å². The van der Waals surface area contributed by atoms with Crippen molar-refractivity contribution in [2.75, 3.05) is 14.2 Å². The normalized spacial score (nSPS) is 48.3. The third kappa shape index (κ3) is 1.39. The van der Waals surface area contributed by atoms with Crippen molar-refractivity contribution in [3.05, 3.63) is 22.3 Å². The van der Waals surface area contributed by atoms with E-state index in [1.165, 1.54) is 12.8 Å². The summed E-state index contributed by atoms with van der Waals surface area (Å²) in [6.07, 6.45) is 7.62. The fraction of sp³-hybridized carbons (Fsp3) is 0.714. The molecule has 0 spiro atoms. The first-order valence-corrected chi connectivity index (χ1v) is 8.41. The summed E-state index contributed by atoms with van der Waals surface area (Å²) >= 11 is 3.86. The number of rotatable bonds is 2. The highest BCUT2D eigenvalue weighted by atomic mass is 32.2. The van der Waals surface area contributed by atoms with Gasteiger partial charge in [-0.1, -0.05) is 35.7 Å². The summed E-state index contributed by atoms with van der Waals surface area (Å²) in [6, 6.07) is 0. The van der Waals surface area contributed by atoms with E-state index in [9.17, 15) is 0 Å². The van der Waals surface area contributed by atoms with E-state index < -0.39 is 0 Å². The average Bonchev–Trinajstić information content (AvgIpc) is 3.07. The Morgan fingerprint density at radius 3 is 2.33 bits per heavy atom. The van der Waals surface area contributed by atoms with Crippen LogP contribution in [0.3, 0.4) is 0 Å². The molecule has 0 unspecified atom stereocenters. The molecule has 0 saturated heterocycles. The van der Waals surface area contributed by atoms with E-state index >= 15 is 0 Å². The lowest BCUT2D eigenvalue weighted by Crippen LogP contribution is -2.38. The van der Waals surface area contributed by atoms with Crippen LogP contribution < -0.4 is 0 Å². The topological polar surface area (TPSA) is 18.5 Å². The van der Waals surface area contributed by atoms with Gasteiger partial charge in [-0.2, -0.15) is 0 Å². The third-order valence-corrected chi connectivity index (χ3v) is 8.30. The first-order chi connectivity index (χ1) is 8.83. The van der Waals surface area contributed by atoms with E-state index in [0.717, 1.165) is 44.4 Å². The second-order valence-corrected chi connectivity index (χ2v) is 7.92. The second kappa shape index (κ2) is 4.14. The molecule has 0 aromatic rings. The molecule has 1 aliphatic heterocycles. The zero-order valence-electron chi connectivity index (χ0n) is 10.7. The minimum Gasteiger partial charge on any atom is -0.487 e. The maximum absolute atomic E-state index is 5.50. The lowest BCUT2D eigenvalue weighted by molar-refractivity contribution is 0.257. The van der Waals surface area contributed by atoms with Crippen LogP contribution in [0.2, 0.25) is 0 Å². The van der Waals surface area contributed by atoms with Crippen molar-refractivity contribution in [3.63, 3.8) is 0 Å². The van der Waals surface area contributed by atoms with Gasteiger partial charge in [0.15, 0.2) is 0 Å². The maximum atomic E-state index is 5.50. The molecule has 0 N–H and O–H groups in total. The SMILES string of the molecule is COC1=C(OC)S[C@H]2[C@H]3C[C@H]([C@H]4C=CC[C@H]43)[C@H]2S1. The van der Waals surface area contributed by atoms with Crippen LogP contribution in [0.15, 0.2) is 22.3 Å². The van der Waals surface area contributed by atoms with Crippen LogP contribution in [-0.2, 0) is 9.47 Å². The molecule has 2 saturated carbocycles. The van der Waals surface area contributed by atoms with Crippen molar-refractivity contribution < 1.29 is 9.47 Å². The van der Waals surface area contributed by atoms with Gasteiger partial charge in [-0.25, -0.2) is 0 Å². The molecule has 3 aliphatic carbocycles. The quantitative estimate of drug-likeness (QED) is 0.722. The Morgan fingerprint density at radius 1 is 1.00 bits per heavy atom. The molecule has 18 heavy (non-hydrogen) atoms. The number of thioether (sulfide) groups is 2. The highest BCUT2D eigenvalue weighted by Gasteiger charge is 2.60. The lowest BCUT2D eigenvalue weighted by atomic mass is 9.81.